The monoisotopic (exact) mass is 142 g/mol. The number of ether oxygens (including phenoxy) is 1. The molecule has 0 N–H and O–H groups in total. The van der Waals surface area contributed by atoms with Crippen LogP contribution in [0.15, 0.2) is 11.6 Å². The summed E-state index contributed by atoms with van der Waals surface area (Å²) in [5.41, 5.74) is 1.25. The molecule has 0 rings (SSSR count). The Labute approximate surface area is 61.9 Å². The van der Waals surface area contributed by atoms with Gasteiger partial charge in [-0.05, 0) is 13.8 Å². The maximum atomic E-state index is 10.3. The summed E-state index contributed by atoms with van der Waals surface area (Å²) in [5.74, 6) is -0.205. The Hall–Kier alpha value is -0.790. The van der Waals surface area contributed by atoms with Gasteiger partial charge in [0, 0.05) is 13.3 Å². The summed E-state index contributed by atoms with van der Waals surface area (Å²) in [5, 5.41) is 0. The topological polar surface area (TPSA) is 26.3 Å². The minimum Gasteiger partial charge on any atom is -0.466 e. The molecule has 0 bridgehead atoms. The van der Waals surface area contributed by atoms with E-state index in [0.717, 1.165) is 6.42 Å². The molecule has 0 aliphatic carbocycles. The largest absolute Gasteiger partial charge is 0.466 e. The first kappa shape index (κ1) is 9.21. The van der Waals surface area contributed by atoms with Crippen molar-refractivity contribution >= 4 is 5.97 Å². The van der Waals surface area contributed by atoms with E-state index in [4.69, 9.17) is 4.74 Å². The van der Waals surface area contributed by atoms with Crippen LogP contribution in [0.5, 0.6) is 0 Å². The average Bonchev–Trinajstić information content (AvgIpc) is 1.87. The number of allylic oxidation sites excluding steroid dienone is 1. The molecule has 58 valence electrons. The van der Waals surface area contributed by atoms with E-state index in [2.05, 4.69) is 0 Å². The number of hydrogen-bond donors (Lipinski definition) is 0. The summed E-state index contributed by atoms with van der Waals surface area (Å²) in [6.45, 7) is 5.92. The molecule has 0 radical (unpaired) electrons. The van der Waals surface area contributed by atoms with Crippen LogP contribution in [-0.2, 0) is 9.53 Å². The SMILES string of the molecule is C/C=C(\C)CCOC(C)=O. The molecule has 0 fully saturated rings. The number of hydrogen-bond acceptors (Lipinski definition) is 2. The predicted molar refractivity (Wildman–Crippen MR) is 40.7 cm³/mol. The molecule has 0 saturated heterocycles. The van der Waals surface area contributed by atoms with E-state index in [0.29, 0.717) is 6.61 Å². The van der Waals surface area contributed by atoms with Gasteiger partial charge in [0.2, 0.25) is 0 Å². The zero-order valence-corrected chi connectivity index (χ0v) is 6.81. The van der Waals surface area contributed by atoms with Gasteiger partial charge in [-0.1, -0.05) is 11.6 Å². The highest BCUT2D eigenvalue weighted by molar-refractivity contribution is 5.65. The molecular formula is C8H14O2. The van der Waals surface area contributed by atoms with E-state index in [9.17, 15) is 4.79 Å². The lowest BCUT2D eigenvalue weighted by atomic mass is 10.2. The lowest BCUT2D eigenvalue weighted by molar-refractivity contribution is -0.140. The van der Waals surface area contributed by atoms with Crippen LogP contribution in [0.3, 0.4) is 0 Å². The van der Waals surface area contributed by atoms with Crippen LogP contribution in [0.1, 0.15) is 27.2 Å². The summed E-state index contributed by atoms with van der Waals surface area (Å²) in [7, 11) is 0. The summed E-state index contributed by atoms with van der Waals surface area (Å²) < 4.78 is 4.73. The smallest absolute Gasteiger partial charge is 0.302 e. The van der Waals surface area contributed by atoms with Gasteiger partial charge in [0.1, 0.15) is 0 Å². The average molecular weight is 142 g/mol. The number of carbonyl (C=O) groups excluding carboxylic acids is 1. The second kappa shape index (κ2) is 5.03. The van der Waals surface area contributed by atoms with E-state index < -0.39 is 0 Å². The number of carbonyl (C=O) groups is 1. The van der Waals surface area contributed by atoms with Crippen LogP contribution in [0.2, 0.25) is 0 Å². The summed E-state index contributed by atoms with van der Waals surface area (Å²) >= 11 is 0. The van der Waals surface area contributed by atoms with Gasteiger partial charge >= 0.3 is 5.97 Å². The van der Waals surface area contributed by atoms with Crippen molar-refractivity contribution in [3.05, 3.63) is 11.6 Å². The minimum atomic E-state index is -0.205. The standard InChI is InChI=1S/C8H14O2/c1-4-7(2)5-6-10-8(3)9/h4H,5-6H2,1-3H3/b7-4+. The molecular weight excluding hydrogens is 128 g/mol. The third-order valence-corrected chi connectivity index (χ3v) is 1.29. The molecule has 0 heterocycles. The Balaban J connectivity index is 3.29. The zero-order chi connectivity index (χ0) is 7.98. The van der Waals surface area contributed by atoms with Crippen LogP contribution in [0.4, 0.5) is 0 Å². The summed E-state index contributed by atoms with van der Waals surface area (Å²) in [6, 6.07) is 0. The summed E-state index contributed by atoms with van der Waals surface area (Å²) in [6.07, 6.45) is 2.86. The second-order valence-electron chi connectivity index (χ2n) is 2.23. The zero-order valence-electron chi connectivity index (χ0n) is 6.81. The van der Waals surface area contributed by atoms with Crippen LogP contribution < -0.4 is 0 Å². The Morgan fingerprint density at radius 1 is 1.50 bits per heavy atom. The molecule has 0 saturated carbocycles. The van der Waals surface area contributed by atoms with E-state index in [-0.39, 0.29) is 5.97 Å². The Kier molecular flexibility index (Phi) is 4.63. The van der Waals surface area contributed by atoms with Gasteiger partial charge in [-0.25, -0.2) is 0 Å². The van der Waals surface area contributed by atoms with Crippen molar-refractivity contribution in [2.45, 2.75) is 27.2 Å². The molecule has 0 aliphatic heterocycles. The van der Waals surface area contributed by atoms with Crippen LogP contribution >= 0.6 is 0 Å². The molecule has 0 unspecified atom stereocenters. The number of rotatable bonds is 3. The molecule has 0 aromatic heterocycles. The molecule has 10 heavy (non-hydrogen) atoms. The van der Waals surface area contributed by atoms with Gasteiger partial charge in [-0.3, -0.25) is 4.79 Å². The summed E-state index contributed by atoms with van der Waals surface area (Å²) in [4.78, 5) is 10.3. The Morgan fingerprint density at radius 2 is 2.10 bits per heavy atom. The molecule has 0 aromatic carbocycles. The van der Waals surface area contributed by atoms with Gasteiger partial charge < -0.3 is 4.74 Å². The van der Waals surface area contributed by atoms with Crippen molar-refractivity contribution in [1.29, 1.82) is 0 Å². The predicted octanol–water partition coefficient (Wildman–Crippen LogP) is 1.91. The molecule has 0 aromatic rings. The maximum Gasteiger partial charge on any atom is 0.302 e. The van der Waals surface area contributed by atoms with Crippen molar-refractivity contribution in [3.63, 3.8) is 0 Å². The fraction of sp³-hybridized carbons (Fsp3) is 0.625. The van der Waals surface area contributed by atoms with Crippen LogP contribution in [0, 0.1) is 0 Å². The molecule has 0 aliphatic rings. The van der Waals surface area contributed by atoms with E-state index in [1.807, 2.05) is 19.9 Å². The molecule has 0 amide bonds. The van der Waals surface area contributed by atoms with Crippen molar-refractivity contribution in [2.24, 2.45) is 0 Å². The first-order chi connectivity index (χ1) is 4.66. The van der Waals surface area contributed by atoms with Gasteiger partial charge in [-0.2, -0.15) is 0 Å². The van der Waals surface area contributed by atoms with E-state index in [1.165, 1.54) is 12.5 Å². The van der Waals surface area contributed by atoms with Crippen molar-refractivity contribution < 1.29 is 9.53 Å². The lowest BCUT2D eigenvalue weighted by Gasteiger charge is -2.00. The van der Waals surface area contributed by atoms with Gasteiger partial charge in [0.25, 0.3) is 0 Å². The molecule has 2 heteroatoms. The van der Waals surface area contributed by atoms with Gasteiger partial charge in [0.15, 0.2) is 0 Å². The highest BCUT2D eigenvalue weighted by atomic mass is 16.5. The first-order valence-electron chi connectivity index (χ1n) is 3.42. The van der Waals surface area contributed by atoms with E-state index in [1.54, 1.807) is 0 Å². The van der Waals surface area contributed by atoms with Crippen LogP contribution in [0.25, 0.3) is 0 Å². The quantitative estimate of drug-likeness (QED) is 0.444. The normalized spacial score (nSPS) is 11.3. The minimum absolute atomic E-state index is 0.205. The molecule has 0 atom stereocenters. The van der Waals surface area contributed by atoms with Gasteiger partial charge in [0.05, 0.1) is 6.61 Å². The van der Waals surface area contributed by atoms with Crippen molar-refractivity contribution in [1.82, 2.24) is 0 Å². The highest BCUT2D eigenvalue weighted by Gasteiger charge is 1.92. The van der Waals surface area contributed by atoms with Crippen molar-refractivity contribution in [3.8, 4) is 0 Å². The second-order valence-corrected chi connectivity index (χ2v) is 2.23. The first-order valence-corrected chi connectivity index (χ1v) is 3.42. The third-order valence-electron chi connectivity index (χ3n) is 1.29. The number of esters is 1. The van der Waals surface area contributed by atoms with Crippen LogP contribution in [-0.4, -0.2) is 12.6 Å². The Bertz CT molecular complexity index is 136. The fourth-order valence-electron chi connectivity index (χ4n) is 0.500. The molecule has 0 spiro atoms. The third kappa shape index (κ3) is 5.35. The van der Waals surface area contributed by atoms with Gasteiger partial charge in [-0.15, -0.1) is 0 Å². The highest BCUT2D eigenvalue weighted by Crippen LogP contribution is 1.98. The molecule has 2 nitrogen and oxygen atoms in total. The van der Waals surface area contributed by atoms with E-state index >= 15 is 0 Å². The Morgan fingerprint density at radius 3 is 2.50 bits per heavy atom. The fourth-order valence-corrected chi connectivity index (χ4v) is 0.500. The lowest BCUT2D eigenvalue weighted by Crippen LogP contribution is -2.00. The van der Waals surface area contributed by atoms with Crippen molar-refractivity contribution in [2.75, 3.05) is 6.61 Å². The maximum absolute atomic E-state index is 10.3.